The second kappa shape index (κ2) is 7.13. The lowest BCUT2D eigenvalue weighted by Crippen LogP contribution is -2.37. The Bertz CT molecular complexity index is 434. The number of hydrogen-bond acceptors (Lipinski definition) is 2. The van der Waals surface area contributed by atoms with E-state index in [-0.39, 0.29) is 12.0 Å². The molecule has 0 aliphatic carbocycles. The third kappa shape index (κ3) is 5.08. The van der Waals surface area contributed by atoms with Gasteiger partial charge < -0.3 is 10.1 Å². The maximum absolute atomic E-state index is 12.0. The summed E-state index contributed by atoms with van der Waals surface area (Å²) < 4.78 is 5.34. The lowest BCUT2D eigenvalue weighted by molar-refractivity contribution is 0.0491. The second-order valence-electron chi connectivity index (χ2n) is 5.84. The molecular weight excluding hydrogens is 250 g/mol. The van der Waals surface area contributed by atoms with Gasteiger partial charge in [-0.2, -0.15) is 0 Å². The van der Waals surface area contributed by atoms with Crippen LogP contribution in [0.1, 0.15) is 45.7 Å². The van der Waals surface area contributed by atoms with Crippen LogP contribution in [0.2, 0.25) is 0 Å². The molecule has 20 heavy (non-hydrogen) atoms. The molecule has 0 saturated carbocycles. The maximum atomic E-state index is 12.0. The minimum Gasteiger partial charge on any atom is -0.444 e. The van der Waals surface area contributed by atoms with Gasteiger partial charge in [-0.3, -0.25) is 0 Å². The predicted molar refractivity (Wildman–Crippen MR) is 82.5 cm³/mol. The number of carbonyl (C=O) groups is 1. The van der Waals surface area contributed by atoms with Gasteiger partial charge in [0.25, 0.3) is 0 Å². The quantitative estimate of drug-likeness (QED) is 0.805. The van der Waals surface area contributed by atoms with E-state index in [0.29, 0.717) is 0 Å². The van der Waals surface area contributed by atoms with Crippen molar-refractivity contribution < 1.29 is 9.53 Å². The highest BCUT2D eigenvalue weighted by Gasteiger charge is 2.24. The highest BCUT2D eigenvalue weighted by atomic mass is 16.6. The van der Waals surface area contributed by atoms with Gasteiger partial charge in [-0.1, -0.05) is 43.3 Å². The standard InChI is InChI=1S/C17H25NO2/c1-6-13(7-2)15(14-11-9-8-10-12-14)18-16(19)20-17(3,4)5/h6,8-13,15H,1,7H2,2-5H3,(H,18,19)/t13-,15-/m1/s1. The molecule has 0 unspecified atom stereocenters. The van der Waals surface area contributed by atoms with Crippen LogP contribution in [0.3, 0.4) is 0 Å². The Labute approximate surface area is 122 Å². The van der Waals surface area contributed by atoms with E-state index in [1.54, 1.807) is 0 Å². The van der Waals surface area contributed by atoms with Crippen molar-refractivity contribution >= 4 is 6.09 Å². The van der Waals surface area contributed by atoms with E-state index in [0.717, 1.165) is 12.0 Å². The van der Waals surface area contributed by atoms with Gasteiger partial charge in [0.1, 0.15) is 5.60 Å². The van der Waals surface area contributed by atoms with Gasteiger partial charge >= 0.3 is 6.09 Å². The largest absolute Gasteiger partial charge is 0.444 e. The zero-order valence-electron chi connectivity index (χ0n) is 12.8. The van der Waals surface area contributed by atoms with Gasteiger partial charge in [-0.25, -0.2) is 4.79 Å². The molecule has 1 amide bonds. The molecule has 2 atom stereocenters. The molecule has 1 aromatic carbocycles. The Kier molecular flexibility index (Phi) is 5.81. The molecule has 1 aromatic rings. The van der Waals surface area contributed by atoms with E-state index in [9.17, 15) is 4.79 Å². The summed E-state index contributed by atoms with van der Waals surface area (Å²) in [6, 6.07) is 9.79. The van der Waals surface area contributed by atoms with Crippen LogP contribution < -0.4 is 5.32 Å². The number of benzene rings is 1. The average Bonchev–Trinajstić information content (AvgIpc) is 2.38. The Morgan fingerprint density at radius 2 is 1.95 bits per heavy atom. The molecule has 1 rings (SSSR count). The summed E-state index contributed by atoms with van der Waals surface area (Å²) in [5.41, 5.74) is 0.561. The van der Waals surface area contributed by atoms with E-state index in [2.05, 4.69) is 18.8 Å². The third-order valence-corrected chi connectivity index (χ3v) is 3.03. The van der Waals surface area contributed by atoms with Crippen LogP contribution in [0.4, 0.5) is 4.79 Å². The normalized spacial score (nSPS) is 14.2. The Morgan fingerprint density at radius 3 is 2.40 bits per heavy atom. The number of hydrogen-bond donors (Lipinski definition) is 1. The van der Waals surface area contributed by atoms with Crippen molar-refractivity contribution in [3.63, 3.8) is 0 Å². The van der Waals surface area contributed by atoms with Gasteiger partial charge in [0.05, 0.1) is 6.04 Å². The highest BCUT2D eigenvalue weighted by Crippen LogP contribution is 2.26. The van der Waals surface area contributed by atoms with Gasteiger partial charge in [-0.15, -0.1) is 6.58 Å². The first-order valence-corrected chi connectivity index (χ1v) is 7.04. The first-order valence-electron chi connectivity index (χ1n) is 7.04. The molecule has 0 fully saturated rings. The van der Waals surface area contributed by atoms with E-state index < -0.39 is 11.7 Å². The molecule has 0 aliphatic rings. The van der Waals surface area contributed by atoms with Crippen LogP contribution in [0.25, 0.3) is 0 Å². The van der Waals surface area contributed by atoms with E-state index in [1.165, 1.54) is 0 Å². The smallest absolute Gasteiger partial charge is 0.408 e. The predicted octanol–water partition coefficient (Wildman–Crippen LogP) is 4.46. The maximum Gasteiger partial charge on any atom is 0.408 e. The molecule has 3 heteroatoms. The summed E-state index contributed by atoms with van der Waals surface area (Å²) in [5, 5.41) is 2.96. The van der Waals surface area contributed by atoms with Crippen LogP contribution in [-0.2, 0) is 4.74 Å². The number of carbonyl (C=O) groups excluding carboxylic acids is 1. The van der Waals surface area contributed by atoms with E-state index in [4.69, 9.17) is 4.74 Å². The molecule has 0 aromatic heterocycles. The molecule has 0 saturated heterocycles. The minimum atomic E-state index is -0.499. The number of nitrogens with one attached hydrogen (secondary N) is 1. The van der Waals surface area contributed by atoms with E-state index in [1.807, 2.05) is 57.2 Å². The Balaban J connectivity index is 2.89. The number of ether oxygens (including phenoxy) is 1. The van der Waals surface area contributed by atoms with Crippen LogP contribution in [0, 0.1) is 5.92 Å². The first kappa shape index (κ1) is 16.3. The summed E-state index contributed by atoms with van der Waals surface area (Å²) in [6.45, 7) is 11.5. The zero-order chi connectivity index (χ0) is 15.2. The fourth-order valence-electron chi connectivity index (χ4n) is 2.07. The molecule has 0 bridgehead atoms. The molecule has 0 radical (unpaired) electrons. The second-order valence-corrected chi connectivity index (χ2v) is 5.84. The Morgan fingerprint density at radius 1 is 1.35 bits per heavy atom. The van der Waals surface area contributed by atoms with Gasteiger partial charge in [-0.05, 0) is 32.8 Å². The summed E-state index contributed by atoms with van der Waals surface area (Å²) >= 11 is 0. The van der Waals surface area contributed by atoms with Crippen molar-refractivity contribution in [1.82, 2.24) is 5.32 Å². The fraction of sp³-hybridized carbons (Fsp3) is 0.471. The van der Waals surface area contributed by atoms with Gasteiger partial charge in [0, 0.05) is 5.92 Å². The fourth-order valence-corrected chi connectivity index (χ4v) is 2.07. The molecule has 0 heterocycles. The molecular formula is C17H25NO2. The average molecular weight is 275 g/mol. The van der Waals surface area contributed by atoms with E-state index >= 15 is 0 Å². The topological polar surface area (TPSA) is 38.3 Å². The molecule has 0 spiro atoms. The Hall–Kier alpha value is -1.77. The zero-order valence-corrected chi connectivity index (χ0v) is 12.8. The van der Waals surface area contributed by atoms with Crippen molar-refractivity contribution in [2.24, 2.45) is 5.92 Å². The lowest BCUT2D eigenvalue weighted by atomic mass is 9.91. The van der Waals surface area contributed by atoms with Crippen LogP contribution in [0.15, 0.2) is 43.0 Å². The van der Waals surface area contributed by atoms with Gasteiger partial charge in [0.2, 0.25) is 0 Å². The number of amides is 1. The monoisotopic (exact) mass is 275 g/mol. The SMILES string of the molecule is C=C[C@H](CC)[C@@H](NC(=O)OC(C)(C)C)c1ccccc1. The van der Waals surface area contributed by atoms with Crippen molar-refractivity contribution in [2.75, 3.05) is 0 Å². The van der Waals surface area contributed by atoms with Crippen LogP contribution in [-0.4, -0.2) is 11.7 Å². The van der Waals surface area contributed by atoms with Crippen LogP contribution in [0.5, 0.6) is 0 Å². The van der Waals surface area contributed by atoms with Crippen LogP contribution >= 0.6 is 0 Å². The highest BCUT2D eigenvalue weighted by molar-refractivity contribution is 5.68. The van der Waals surface area contributed by atoms with Crippen molar-refractivity contribution in [3.05, 3.63) is 48.6 Å². The number of alkyl carbamates (subject to hydrolysis) is 1. The molecule has 3 nitrogen and oxygen atoms in total. The summed E-state index contributed by atoms with van der Waals surface area (Å²) in [6.07, 6.45) is 2.39. The van der Waals surface area contributed by atoms with Gasteiger partial charge in [0.15, 0.2) is 0 Å². The molecule has 0 aliphatic heterocycles. The number of rotatable bonds is 5. The minimum absolute atomic E-state index is 0.117. The lowest BCUT2D eigenvalue weighted by Gasteiger charge is -2.27. The summed E-state index contributed by atoms with van der Waals surface area (Å²) in [4.78, 5) is 12.0. The van der Waals surface area contributed by atoms with Crippen molar-refractivity contribution in [3.8, 4) is 0 Å². The molecule has 110 valence electrons. The summed E-state index contributed by atoms with van der Waals surface area (Å²) in [7, 11) is 0. The third-order valence-electron chi connectivity index (χ3n) is 3.03. The molecule has 1 N–H and O–H groups in total. The van der Waals surface area contributed by atoms with Crippen molar-refractivity contribution in [1.29, 1.82) is 0 Å². The summed E-state index contributed by atoms with van der Waals surface area (Å²) in [5.74, 6) is 0.171. The first-order chi connectivity index (χ1) is 9.37. The van der Waals surface area contributed by atoms with Crippen molar-refractivity contribution in [2.45, 2.75) is 45.8 Å².